The van der Waals surface area contributed by atoms with Gasteiger partial charge in [-0.15, -0.1) is 0 Å². The highest BCUT2D eigenvalue weighted by Crippen LogP contribution is 2.11. The molecule has 0 aliphatic carbocycles. The predicted molar refractivity (Wildman–Crippen MR) is 78.5 cm³/mol. The minimum atomic E-state index is -0.166. The van der Waals surface area contributed by atoms with Gasteiger partial charge in [0, 0.05) is 20.1 Å². The lowest BCUT2D eigenvalue weighted by atomic mass is 10.1. The lowest BCUT2D eigenvalue weighted by molar-refractivity contribution is -0.122. The zero-order chi connectivity index (χ0) is 14.0. The molecule has 0 aromatic rings. The quantitative estimate of drug-likeness (QED) is 0.360. The summed E-state index contributed by atoms with van der Waals surface area (Å²) in [7, 11) is 3.33. The second kappa shape index (κ2) is 10.1. The van der Waals surface area contributed by atoms with Gasteiger partial charge in [0.1, 0.15) is 0 Å². The van der Waals surface area contributed by atoms with Crippen LogP contribution in [-0.2, 0) is 9.47 Å². The first-order valence-electron chi connectivity index (χ1n) is 6.54. The van der Waals surface area contributed by atoms with Crippen molar-refractivity contribution in [2.24, 2.45) is 5.92 Å². The summed E-state index contributed by atoms with van der Waals surface area (Å²) in [4.78, 5) is 0. The van der Waals surface area contributed by atoms with Gasteiger partial charge in [-0.2, -0.15) is 0 Å². The van der Waals surface area contributed by atoms with Gasteiger partial charge in [0.15, 0.2) is 6.29 Å². The van der Waals surface area contributed by atoms with Crippen molar-refractivity contribution in [3.8, 4) is 0 Å². The predicted octanol–water partition coefficient (Wildman–Crippen LogP) is 4.49. The van der Waals surface area contributed by atoms with E-state index in [0.29, 0.717) is 0 Å². The van der Waals surface area contributed by atoms with Crippen LogP contribution in [0, 0.1) is 5.92 Å². The molecule has 0 rings (SSSR count). The first-order chi connectivity index (χ1) is 8.51. The molecule has 18 heavy (non-hydrogen) atoms. The van der Waals surface area contributed by atoms with Crippen molar-refractivity contribution in [1.82, 2.24) is 0 Å². The van der Waals surface area contributed by atoms with Crippen molar-refractivity contribution in [2.45, 2.75) is 46.8 Å². The SMILES string of the molecule is COC(OC)C(C)/C=C/C=C(\C)CCC=C(C)C. The highest BCUT2D eigenvalue weighted by Gasteiger charge is 2.11. The summed E-state index contributed by atoms with van der Waals surface area (Å²) in [5, 5.41) is 0. The maximum atomic E-state index is 5.21. The van der Waals surface area contributed by atoms with Crippen molar-refractivity contribution in [3.63, 3.8) is 0 Å². The van der Waals surface area contributed by atoms with Crippen LogP contribution in [0.2, 0.25) is 0 Å². The van der Waals surface area contributed by atoms with Crippen LogP contribution < -0.4 is 0 Å². The molecule has 0 fully saturated rings. The van der Waals surface area contributed by atoms with E-state index in [-0.39, 0.29) is 12.2 Å². The zero-order valence-corrected chi connectivity index (χ0v) is 12.7. The molecule has 0 aromatic heterocycles. The summed E-state index contributed by atoms with van der Waals surface area (Å²) in [6, 6.07) is 0. The summed E-state index contributed by atoms with van der Waals surface area (Å²) in [6.07, 6.45) is 10.7. The van der Waals surface area contributed by atoms with E-state index >= 15 is 0 Å². The van der Waals surface area contributed by atoms with Gasteiger partial charge in [0.25, 0.3) is 0 Å². The van der Waals surface area contributed by atoms with Gasteiger partial charge in [-0.05, 0) is 33.6 Å². The lowest BCUT2D eigenvalue weighted by Gasteiger charge is -2.17. The average molecular weight is 252 g/mol. The Morgan fingerprint density at radius 2 is 1.72 bits per heavy atom. The Balaban J connectivity index is 4.15. The van der Waals surface area contributed by atoms with Gasteiger partial charge in [0.2, 0.25) is 0 Å². The molecule has 0 radical (unpaired) electrons. The molecule has 0 saturated heterocycles. The van der Waals surface area contributed by atoms with Gasteiger partial charge >= 0.3 is 0 Å². The average Bonchev–Trinajstić information content (AvgIpc) is 2.30. The van der Waals surface area contributed by atoms with Crippen molar-refractivity contribution >= 4 is 0 Å². The number of rotatable bonds is 8. The fourth-order valence-corrected chi connectivity index (χ4v) is 1.68. The van der Waals surface area contributed by atoms with E-state index in [4.69, 9.17) is 9.47 Å². The minimum Gasteiger partial charge on any atom is -0.355 e. The van der Waals surface area contributed by atoms with Crippen LogP contribution in [0.5, 0.6) is 0 Å². The molecule has 0 aromatic carbocycles. The van der Waals surface area contributed by atoms with E-state index in [9.17, 15) is 0 Å². The van der Waals surface area contributed by atoms with Crippen molar-refractivity contribution in [1.29, 1.82) is 0 Å². The third-order valence-corrected chi connectivity index (χ3v) is 2.78. The van der Waals surface area contributed by atoms with Gasteiger partial charge < -0.3 is 9.47 Å². The molecule has 104 valence electrons. The topological polar surface area (TPSA) is 18.5 Å². The van der Waals surface area contributed by atoms with Gasteiger partial charge in [0.05, 0.1) is 0 Å². The number of allylic oxidation sites excluding steroid dienone is 5. The van der Waals surface area contributed by atoms with Crippen LogP contribution in [0.4, 0.5) is 0 Å². The molecule has 0 aliphatic rings. The third kappa shape index (κ3) is 8.26. The molecule has 1 atom stereocenters. The summed E-state index contributed by atoms with van der Waals surface area (Å²) in [5.74, 6) is 0.252. The Kier molecular flexibility index (Phi) is 9.62. The Morgan fingerprint density at radius 1 is 1.11 bits per heavy atom. The Hall–Kier alpha value is -0.860. The third-order valence-electron chi connectivity index (χ3n) is 2.78. The van der Waals surface area contributed by atoms with E-state index in [1.54, 1.807) is 14.2 Å². The highest BCUT2D eigenvalue weighted by molar-refractivity contribution is 5.12. The van der Waals surface area contributed by atoms with Gasteiger partial charge in [-0.25, -0.2) is 0 Å². The smallest absolute Gasteiger partial charge is 0.162 e. The van der Waals surface area contributed by atoms with Crippen molar-refractivity contribution < 1.29 is 9.47 Å². The van der Waals surface area contributed by atoms with E-state index in [0.717, 1.165) is 12.8 Å². The van der Waals surface area contributed by atoms with Gasteiger partial charge in [-0.1, -0.05) is 42.4 Å². The molecule has 2 nitrogen and oxygen atoms in total. The van der Waals surface area contributed by atoms with Crippen LogP contribution in [0.3, 0.4) is 0 Å². The first kappa shape index (κ1) is 17.1. The van der Waals surface area contributed by atoms with E-state index in [1.165, 1.54) is 11.1 Å². The standard InChI is InChI=1S/C16H28O2/c1-13(2)9-7-10-14(3)11-8-12-15(4)16(17-5)18-6/h8-9,11-12,15-16H,7,10H2,1-6H3/b12-8+,14-11+. The number of hydrogen-bond acceptors (Lipinski definition) is 2. The molecule has 0 amide bonds. The molecular weight excluding hydrogens is 224 g/mol. The van der Waals surface area contributed by atoms with Crippen LogP contribution >= 0.6 is 0 Å². The fourth-order valence-electron chi connectivity index (χ4n) is 1.68. The minimum absolute atomic E-state index is 0.166. The molecule has 0 N–H and O–H groups in total. The van der Waals surface area contributed by atoms with Crippen molar-refractivity contribution in [2.75, 3.05) is 14.2 Å². The molecule has 0 spiro atoms. The maximum Gasteiger partial charge on any atom is 0.162 e. The Bertz CT molecular complexity index is 292. The normalized spacial score (nSPS) is 14.3. The van der Waals surface area contributed by atoms with Crippen LogP contribution in [0.25, 0.3) is 0 Å². The van der Waals surface area contributed by atoms with E-state index < -0.39 is 0 Å². The second-order valence-corrected chi connectivity index (χ2v) is 4.92. The maximum absolute atomic E-state index is 5.21. The number of methoxy groups -OCH3 is 2. The first-order valence-corrected chi connectivity index (χ1v) is 6.54. The summed E-state index contributed by atoms with van der Waals surface area (Å²) in [6.45, 7) is 8.52. The van der Waals surface area contributed by atoms with E-state index in [1.807, 2.05) is 0 Å². The number of hydrogen-bond donors (Lipinski definition) is 0. The van der Waals surface area contributed by atoms with Gasteiger partial charge in [-0.3, -0.25) is 0 Å². The lowest BCUT2D eigenvalue weighted by Crippen LogP contribution is -2.20. The highest BCUT2D eigenvalue weighted by atomic mass is 16.7. The molecular formula is C16H28O2. The molecule has 0 bridgehead atoms. The zero-order valence-electron chi connectivity index (χ0n) is 12.7. The molecule has 0 aliphatic heterocycles. The second-order valence-electron chi connectivity index (χ2n) is 4.92. The molecule has 1 unspecified atom stereocenters. The monoisotopic (exact) mass is 252 g/mol. The summed E-state index contributed by atoms with van der Waals surface area (Å²) in [5.41, 5.74) is 2.78. The Morgan fingerprint density at radius 3 is 2.22 bits per heavy atom. The molecule has 0 heterocycles. The molecule has 0 saturated carbocycles. The van der Waals surface area contributed by atoms with Crippen molar-refractivity contribution in [3.05, 3.63) is 35.5 Å². The van der Waals surface area contributed by atoms with Crippen LogP contribution in [-0.4, -0.2) is 20.5 Å². The fraction of sp³-hybridized carbons (Fsp3) is 0.625. The molecule has 2 heteroatoms. The number of ether oxygens (including phenoxy) is 2. The summed E-state index contributed by atoms with van der Waals surface area (Å²) < 4.78 is 10.4. The van der Waals surface area contributed by atoms with Crippen LogP contribution in [0.15, 0.2) is 35.5 Å². The largest absolute Gasteiger partial charge is 0.355 e. The Labute approximate surface area is 112 Å². The van der Waals surface area contributed by atoms with E-state index in [2.05, 4.69) is 52.0 Å². The summed E-state index contributed by atoms with van der Waals surface area (Å²) >= 11 is 0. The van der Waals surface area contributed by atoms with Crippen LogP contribution in [0.1, 0.15) is 40.5 Å².